The van der Waals surface area contributed by atoms with Gasteiger partial charge >= 0.3 is 5.97 Å². The van der Waals surface area contributed by atoms with E-state index in [4.69, 9.17) is 4.74 Å². The third-order valence-electron chi connectivity index (χ3n) is 4.98. The summed E-state index contributed by atoms with van der Waals surface area (Å²) in [6.45, 7) is 6.02. The topological polar surface area (TPSA) is 66.9 Å². The molecule has 2 saturated heterocycles. The van der Waals surface area contributed by atoms with Crippen LogP contribution in [0.4, 0.5) is 0 Å². The van der Waals surface area contributed by atoms with Crippen LogP contribution in [0.3, 0.4) is 0 Å². The van der Waals surface area contributed by atoms with Crippen LogP contribution in [0.25, 0.3) is 0 Å². The number of nitrogens with zero attached hydrogens (tertiary/aromatic N) is 2. The number of carbonyl (C=O) groups excluding carboxylic acids is 1. The third-order valence-corrected chi connectivity index (χ3v) is 6.89. The van der Waals surface area contributed by atoms with Gasteiger partial charge in [0.05, 0.1) is 10.5 Å². The van der Waals surface area contributed by atoms with Gasteiger partial charge in [-0.3, -0.25) is 4.90 Å². The van der Waals surface area contributed by atoms with E-state index in [0.717, 1.165) is 45.3 Å². The highest BCUT2D eigenvalue weighted by Gasteiger charge is 2.27. The van der Waals surface area contributed by atoms with E-state index in [9.17, 15) is 13.2 Å². The standard InChI is InChI=1S/C18H26N2O4S/c1-2-19-11-5-6-16(14-19)24-18(21)15-7-9-17(10-8-15)25(22,23)20-12-3-4-13-20/h7-10,16H,2-6,11-14H2,1H3. The van der Waals surface area contributed by atoms with E-state index in [1.165, 1.54) is 16.4 Å². The Morgan fingerprint density at radius 3 is 2.44 bits per heavy atom. The first-order valence-electron chi connectivity index (χ1n) is 9.04. The molecule has 3 rings (SSSR count). The van der Waals surface area contributed by atoms with Crippen molar-refractivity contribution in [3.05, 3.63) is 29.8 Å². The van der Waals surface area contributed by atoms with Crippen LogP contribution in [0, 0.1) is 0 Å². The average Bonchev–Trinajstić information content (AvgIpc) is 3.17. The summed E-state index contributed by atoms with van der Waals surface area (Å²) in [5.41, 5.74) is 0.397. The summed E-state index contributed by atoms with van der Waals surface area (Å²) in [6, 6.07) is 6.10. The fourth-order valence-electron chi connectivity index (χ4n) is 3.46. The van der Waals surface area contributed by atoms with Crippen LogP contribution >= 0.6 is 0 Å². The number of esters is 1. The fourth-order valence-corrected chi connectivity index (χ4v) is 4.97. The third kappa shape index (κ3) is 4.22. The van der Waals surface area contributed by atoms with E-state index in [2.05, 4.69) is 11.8 Å². The van der Waals surface area contributed by atoms with Gasteiger partial charge in [0.1, 0.15) is 6.10 Å². The highest BCUT2D eigenvalue weighted by molar-refractivity contribution is 7.89. The predicted molar refractivity (Wildman–Crippen MR) is 95.0 cm³/mol. The summed E-state index contributed by atoms with van der Waals surface area (Å²) >= 11 is 0. The SMILES string of the molecule is CCN1CCCC(OC(=O)c2ccc(S(=O)(=O)N3CCCC3)cc2)C1. The number of piperidine rings is 1. The first-order valence-corrected chi connectivity index (χ1v) is 10.5. The summed E-state index contributed by atoms with van der Waals surface area (Å²) in [6.07, 6.45) is 3.62. The zero-order valence-electron chi connectivity index (χ0n) is 14.7. The fraction of sp³-hybridized carbons (Fsp3) is 0.611. The van der Waals surface area contributed by atoms with E-state index in [1.54, 1.807) is 12.1 Å². The highest BCUT2D eigenvalue weighted by atomic mass is 32.2. The predicted octanol–water partition coefficient (Wildman–Crippen LogP) is 2.11. The minimum absolute atomic E-state index is 0.0887. The van der Waals surface area contributed by atoms with Crippen molar-refractivity contribution in [3.8, 4) is 0 Å². The van der Waals surface area contributed by atoms with Crippen molar-refractivity contribution < 1.29 is 17.9 Å². The zero-order chi connectivity index (χ0) is 17.9. The van der Waals surface area contributed by atoms with Gasteiger partial charge in [-0.05, 0) is 63.0 Å². The molecule has 1 aromatic rings. The summed E-state index contributed by atoms with van der Waals surface area (Å²) in [5.74, 6) is -0.381. The van der Waals surface area contributed by atoms with E-state index in [-0.39, 0.29) is 17.0 Å². The van der Waals surface area contributed by atoms with E-state index in [1.807, 2.05) is 0 Å². The van der Waals surface area contributed by atoms with Crippen LogP contribution in [-0.4, -0.2) is 62.4 Å². The number of hydrogen-bond donors (Lipinski definition) is 0. The Bertz CT molecular complexity index is 696. The molecule has 0 aliphatic carbocycles. The highest BCUT2D eigenvalue weighted by Crippen LogP contribution is 2.22. The second-order valence-corrected chi connectivity index (χ2v) is 8.64. The van der Waals surface area contributed by atoms with E-state index in [0.29, 0.717) is 18.7 Å². The number of hydrogen-bond acceptors (Lipinski definition) is 5. The van der Waals surface area contributed by atoms with Gasteiger partial charge in [0.25, 0.3) is 0 Å². The lowest BCUT2D eigenvalue weighted by molar-refractivity contribution is 0.00773. The van der Waals surface area contributed by atoms with Crippen molar-refractivity contribution in [2.45, 2.75) is 43.6 Å². The number of rotatable bonds is 5. The van der Waals surface area contributed by atoms with E-state index >= 15 is 0 Å². The van der Waals surface area contributed by atoms with Crippen molar-refractivity contribution in [1.29, 1.82) is 0 Å². The van der Waals surface area contributed by atoms with Crippen molar-refractivity contribution in [3.63, 3.8) is 0 Å². The molecule has 0 bridgehead atoms. The Balaban J connectivity index is 1.64. The molecular formula is C18H26N2O4S. The lowest BCUT2D eigenvalue weighted by Gasteiger charge is -2.31. The molecule has 0 radical (unpaired) electrons. The summed E-state index contributed by atoms with van der Waals surface area (Å²) in [4.78, 5) is 14.8. The van der Waals surface area contributed by atoms with Gasteiger partial charge in [0, 0.05) is 19.6 Å². The Hall–Kier alpha value is -1.44. The van der Waals surface area contributed by atoms with Gasteiger partial charge < -0.3 is 4.74 Å². The second-order valence-electron chi connectivity index (χ2n) is 6.70. The Labute approximate surface area is 149 Å². The number of ether oxygens (including phenoxy) is 1. The molecule has 0 N–H and O–H groups in total. The summed E-state index contributed by atoms with van der Waals surface area (Å²) in [7, 11) is -3.44. The molecule has 6 nitrogen and oxygen atoms in total. The largest absolute Gasteiger partial charge is 0.457 e. The van der Waals surface area contributed by atoms with Gasteiger partial charge in [-0.25, -0.2) is 13.2 Å². The maximum atomic E-state index is 12.5. The maximum absolute atomic E-state index is 12.5. The quantitative estimate of drug-likeness (QED) is 0.747. The van der Waals surface area contributed by atoms with Crippen LogP contribution in [0.2, 0.25) is 0 Å². The lowest BCUT2D eigenvalue weighted by Crippen LogP contribution is -2.40. The normalized spacial score (nSPS) is 22.8. The molecular weight excluding hydrogens is 340 g/mol. The lowest BCUT2D eigenvalue weighted by atomic mass is 10.1. The van der Waals surface area contributed by atoms with Crippen molar-refractivity contribution >= 4 is 16.0 Å². The number of benzene rings is 1. The van der Waals surface area contributed by atoms with Crippen molar-refractivity contribution in [2.24, 2.45) is 0 Å². The Morgan fingerprint density at radius 1 is 1.12 bits per heavy atom. The minimum atomic E-state index is -3.44. The van der Waals surface area contributed by atoms with Gasteiger partial charge in [-0.15, -0.1) is 0 Å². The monoisotopic (exact) mass is 366 g/mol. The molecule has 7 heteroatoms. The molecule has 2 fully saturated rings. The van der Waals surface area contributed by atoms with Crippen molar-refractivity contribution in [1.82, 2.24) is 9.21 Å². The van der Waals surface area contributed by atoms with Gasteiger partial charge in [-0.2, -0.15) is 4.31 Å². The maximum Gasteiger partial charge on any atom is 0.338 e. The zero-order valence-corrected chi connectivity index (χ0v) is 15.5. The van der Waals surface area contributed by atoms with Crippen LogP contribution in [0.1, 0.15) is 43.0 Å². The van der Waals surface area contributed by atoms with Crippen molar-refractivity contribution in [2.75, 3.05) is 32.7 Å². The molecule has 2 heterocycles. The second kappa shape index (κ2) is 7.85. The molecule has 1 unspecified atom stereocenters. The Morgan fingerprint density at radius 2 is 1.80 bits per heavy atom. The first-order chi connectivity index (χ1) is 12.0. The number of likely N-dealkylation sites (tertiary alicyclic amines) is 1. The minimum Gasteiger partial charge on any atom is -0.457 e. The average molecular weight is 366 g/mol. The molecule has 2 aliphatic heterocycles. The smallest absolute Gasteiger partial charge is 0.338 e. The van der Waals surface area contributed by atoms with Gasteiger partial charge in [0.15, 0.2) is 0 Å². The molecule has 2 aliphatic rings. The number of likely N-dealkylation sites (N-methyl/N-ethyl adjacent to an activating group) is 1. The molecule has 0 spiro atoms. The number of carbonyl (C=O) groups is 1. The van der Waals surface area contributed by atoms with Gasteiger partial charge in [0.2, 0.25) is 10.0 Å². The molecule has 0 amide bonds. The van der Waals surface area contributed by atoms with Crippen LogP contribution < -0.4 is 0 Å². The van der Waals surface area contributed by atoms with Crippen LogP contribution in [-0.2, 0) is 14.8 Å². The van der Waals surface area contributed by atoms with Gasteiger partial charge in [-0.1, -0.05) is 6.92 Å². The molecule has 0 aromatic heterocycles. The molecule has 25 heavy (non-hydrogen) atoms. The van der Waals surface area contributed by atoms with Crippen LogP contribution in [0.5, 0.6) is 0 Å². The summed E-state index contributed by atoms with van der Waals surface area (Å²) < 4.78 is 32.1. The number of sulfonamides is 1. The Kier molecular flexibility index (Phi) is 5.76. The molecule has 1 atom stereocenters. The molecule has 138 valence electrons. The molecule has 1 aromatic carbocycles. The van der Waals surface area contributed by atoms with E-state index < -0.39 is 10.0 Å². The first kappa shape index (κ1) is 18.4. The van der Waals surface area contributed by atoms with Crippen LogP contribution in [0.15, 0.2) is 29.2 Å². The molecule has 0 saturated carbocycles. The summed E-state index contributed by atoms with van der Waals surface area (Å²) in [5, 5.41) is 0.